The number of hydrogen-bond donors (Lipinski definition) is 2. The number of amides is 2. The maximum Gasteiger partial charge on any atom is 0.258 e. The predicted molar refractivity (Wildman–Crippen MR) is 98.0 cm³/mol. The average Bonchev–Trinajstić information content (AvgIpc) is 2.64. The Morgan fingerprint density at radius 3 is 2.19 bits per heavy atom. The van der Waals surface area contributed by atoms with Crippen LogP contribution in [0.3, 0.4) is 0 Å². The Morgan fingerprint density at radius 2 is 1.50 bits per heavy atom. The lowest BCUT2D eigenvalue weighted by Crippen LogP contribution is -2.19. The average molecular weight is 370 g/mol. The summed E-state index contributed by atoms with van der Waals surface area (Å²) in [5.41, 5.74) is 0.364. The molecule has 0 atom stereocenters. The second-order valence-corrected chi connectivity index (χ2v) is 5.73. The number of para-hydroxylation sites is 1. The number of rotatable bonds is 4. The smallest absolute Gasteiger partial charge is 0.258 e. The molecule has 2 N–H and O–H groups in total. The van der Waals surface area contributed by atoms with E-state index in [4.69, 9.17) is 11.6 Å². The first-order chi connectivity index (χ1) is 12.5. The first kappa shape index (κ1) is 17.6. The van der Waals surface area contributed by atoms with Crippen LogP contribution in [-0.4, -0.2) is 16.8 Å². The molecule has 26 heavy (non-hydrogen) atoms. The van der Waals surface area contributed by atoms with E-state index in [1.165, 1.54) is 24.4 Å². The van der Waals surface area contributed by atoms with Crippen molar-refractivity contribution in [2.75, 3.05) is 10.6 Å². The number of nitrogens with zero attached hydrogens (tertiary/aromatic N) is 1. The molecule has 0 bridgehead atoms. The lowest BCUT2D eigenvalue weighted by Gasteiger charge is -2.11. The Bertz CT molecular complexity index is 961. The van der Waals surface area contributed by atoms with Crippen LogP contribution in [0, 0.1) is 5.82 Å². The Kier molecular flexibility index (Phi) is 5.24. The summed E-state index contributed by atoms with van der Waals surface area (Å²) in [6, 6.07) is 15.2. The number of benzene rings is 2. The number of pyridine rings is 1. The van der Waals surface area contributed by atoms with Gasteiger partial charge in [0.1, 0.15) is 11.6 Å². The molecule has 0 saturated carbocycles. The van der Waals surface area contributed by atoms with Gasteiger partial charge in [0, 0.05) is 6.20 Å². The SMILES string of the molecule is O=C(Nc1ccccc1C(=O)Nc1ccc(Cl)cn1)c1ccccc1F. The topological polar surface area (TPSA) is 71.1 Å². The third kappa shape index (κ3) is 4.04. The van der Waals surface area contributed by atoms with Gasteiger partial charge in [0.2, 0.25) is 0 Å². The molecule has 0 fully saturated rings. The van der Waals surface area contributed by atoms with Gasteiger partial charge in [-0.15, -0.1) is 0 Å². The molecule has 130 valence electrons. The summed E-state index contributed by atoms with van der Waals surface area (Å²) in [5, 5.41) is 5.62. The van der Waals surface area contributed by atoms with Crippen LogP contribution >= 0.6 is 11.6 Å². The van der Waals surface area contributed by atoms with Crippen molar-refractivity contribution in [2.24, 2.45) is 0 Å². The Hall–Kier alpha value is -3.25. The largest absolute Gasteiger partial charge is 0.321 e. The highest BCUT2D eigenvalue weighted by Crippen LogP contribution is 2.19. The molecule has 5 nitrogen and oxygen atoms in total. The molecule has 0 saturated heterocycles. The fourth-order valence-electron chi connectivity index (χ4n) is 2.26. The third-order valence-corrected chi connectivity index (χ3v) is 3.73. The van der Waals surface area contributed by atoms with Gasteiger partial charge in [-0.2, -0.15) is 0 Å². The van der Waals surface area contributed by atoms with Crippen LogP contribution in [0.2, 0.25) is 5.02 Å². The molecule has 0 aliphatic heterocycles. The molecule has 0 spiro atoms. The fourth-order valence-corrected chi connectivity index (χ4v) is 2.37. The summed E-state index contributed by atoms with van der Waals surface area (Å²) in [4.78, 5) is 28.8. The van der Waals surface area contributed by atoms with Crippen LogP contribution in [0.5, 0.6) is 0 Å². The van der Waals surface area contributed by atoms with Crippen LogP contribution in [0.4, 0.5) is 15.9 Å². The minimum Gasteiger partial charge on any atom is -0.321 e. The van der Waals surface area contributed by atoms with Crippen molar-refractivity contribution in [3.63, 3.8) is 0 Å². The van der Waals surface area contributed by atoms with E-state index in [-0.39, 0.29) is 16.8 Å². The van der Waals surface area contributed by atoms with Gasteiger partial charge >= 0.3 is 0 Å². The zero-order chi connectivity index (χ0) is 18.5. The Morgan fingerprint density at radius 1 is 0.846 bits per heavy atom. The molecular weight excluding hydrogens is 357 g/mol. The maximum atomic E-state index is 13.8. The fraction of sp³-hybridized carbons (Fsp3) is 0. The van der Waals surface area contributed by atoms with E-state index in [0.717, 1.165) is 0 Å². The van der Waals surface area contributed by atoms with Crippen LogP contribution < -0.4 is 10.6 Å². The minimum atomic E-state index is -0.645. The summed E-state index contributed by atoms with van der Waals surface area (Å²) in [6.07, 6.45) is 1.41. The second-order valence-electron chi connectivity index (χ2n) is 5.30. The molecule has 3 rings (SSSR count). The third-order valence-electron chi connectivity index (χ3n) is 3.51. The summed E-state index contributed by atoms with van der Waals surface area (Å²) in [6.45, 7) is 0. The lowest BCUT2D eigenvalue weighted by molar-refractivity contribution is 0.102. The van der Waals surface area contributed by atoms with E-state index in [0.29, 0.717) is 10.8 Å². The molecule has 2 amide bonds. The van der Waals surface area contributed by atoms with Crippen molar-refractivity contribution in [3.05, 3.63) is 88.8 Å². The van der Waals surface area contributed by atoms with Crippen molar-refractivity contribution in [2.45, 2.75) is 0 Å². The normalized spacial score (nSPS) is 10.2. The molecule has 1 heterocycles. The highest BCUT2D eigenvalue weighted by atomic mass is 35.5. The number of carbonyl (C=O) groups is 2. The van der Waals surface area contributed by atoms with Gasteiger partial charge in [0.25, 0.3) is 11.8 Å². The Balaban J connectivity index is 1.81. The number of aromatic nitrogens is 1. The number of hydrogen-bond acceptors (Lipinski definition) is 3. The van der Waals surface area contributed by atoms with Crippen molar-refractivity contribution in [1.82, 2.24) is 4.98 Å². The van der Waals surface area contributed by atoms with Gasteiger partial charge < -0.3 is 10.6 Å². The summed E-state index contributed by atoms with van der Waals surface area (Å²) < 4.78 is 13.8. The van der Waals surface area contributed by atoms with Crippen molar-refractivity contribution < 1.29 is 14.0 Å². The van der Waals surface area contributed by atoms with E-state index in [2.05, 4.69) is 15.6 Å². The highest BCUT2D eigenvalue weighted by Gasteiger charge is 2.16. The lowest BCUT2D eigenvalue weighted by atomic mass is 10.1. The van der Waals surface area contributed by atoms with E-state index in [9.17, 15) is 14.0 Å². The molecule has 1 aromatic heterocycles. The molecule has 0 unspecified atom stereocenters. The van der Waals surface area contributed by atoms with Gasteiger partial charge in [-0.05, 0) is 36.4 Å². The standard InChI is InChI=1S/C19H13ClFN3O2/c20-12-9-10-17(22-11-12)24-19(26)14-6-2-4-8-16(14)23-18(25)13-5-1-3-7-15(13)21/h1-11H,(H,23,25)(H,22,24,26). The number of nitrogens with one attached hydrogen (secondary N) is 2. The second kappa shape index (κ2) is 7.76. The molecule has 2 aromatic carbocycles. The van der Waals surface area contributed by atoms with Crippen LogP contribution in [-0.2, 0) is 0 Å². The van der Waals surface area contributed by atoms with Gasteiger partial charge in [-0.3, -0.25) is 9.59 Å². The minimum absolute atomic E-state index is 0.109. The van der Waals surface area contributed by atoms with Gasteiger partial charge in [0.05, 0.1) is 21.8 Å². The molecule has 7 heteroatoms. The zero-order valence-electron chi connectivity index (χ0n) is 13.4. The molecular formula is C19H13ClFN3O2. The van der Waals surface area contributed by atoms with Gasteiger partial charge in [0.15, 0.2) is 0 Å². The molecule has 3 aromatic rings. The number of carbonyl (C=O) groups excluding carboxylic acids is 2. The van der Waals surface area contributed by atoms with Crippen molar-refractivity contribution in [1.29, 1.82) is 0 Å². The molecule has 0 aliphatic rings. The highest BCUT2D eigenvalue weighted by molar-refractivity contribution is 6.30. The molecule has 0 radical (unpaired) electrons. The monoisotopic (exact) mass is 369 g/mol. The summed E-state index contributed by atoms with van der Waals surface area (Å²) in [7, 11) is 0. The summed E-state index contributed by atoms with van der Waals surface area (Å²) >= 11 is 5.77. The van der Waals surface area contributed by atoms with Crippen molar-refractivity contribution >= 4 is 34.9 Å². The first-order valence-corrected chi connectivity index (χ1v) is 8.00. The summed E-state index contributed by atoms with van der Waals surface area (Å²) in [5.74, 6) is -1.44. The van der Waals surface area contributed by atoms with E-state index >= 15 is 0 Å². The zero-order valence-corrected chi connectivity index (χ0v) is 14.1. The van der Waals surface area contributed by atoms with E-state index in [1.54, 1.807) is 42.5 Å². The van der Waals surface area contributed by atoms with Crippen LogP contribution in [0.15, 0.2) is 66.9 Å². The van der Waals surface area contributed by atoms with Crippen LogP contribution in [0.1, 0.15) is 20.7 Å². The van der Waals surface area contributed by atoms with Crippen molar-refractivity contribution in [3.8, 4) is 0 Å². The van der Waals surface area contributed by atoms with Crippen LogP contribution in [0.25, 0.3) is 0 Å². The number of anilines is 2. The predicted octanol–water partition coefficient (Wildman–Crippen LogP) is 4.38. The number of halogens is 2. The van der Waals surface area contributed by atoms with E-state index < -0.39 is 17.6 Å². The van der Waals surface area contributed by atoms with Gasteiger partial charge in [-0.1, -0.05) is 35.9 Å². The maximum absolute atomic E-state index is 13.8. The first-order valence-electron chi connectivity index (χ1n) is 7.62. The Labute approximate surface area is 153 Å². The van der Waals surface area contributed by atoms with Gasteiger partial charge in [-0.25, -0.2) is 9.37 Å². The molecule has 0 aliphatic carbocycles. The quantitative estimate of drug-likeness (QED) is 0.717. The van der Waals surface area contributed by atoms with E-state index in [1.807, 2.05) is 0 Å².